The summed E-state index contributed by atoms with van der Waals surface area (Å²) in [6.45, 7) is 1.98. The van der Waals surface area contributed by atoms with Crippen molar-refractivity contribution in [1.82, 2.24) is 0 Å². The van der Waals surface area contributed by atoms with Crippen LogP contribution in [0.5, 0.6) is 5.75 Å². The lowest BCUT2D eigenvalue weighted by Crippen LogP contribution is -2.12. The molecule has 0 bridgehead atoms. The summed E-state index contributed by atoms with van der Waals surface area (Å²) in [7, 11) is 0. The Balaban J connectivity index is 2.32. The smallest absolute Gasteiger partial charge is 0.170 e. The van der Waals surface area contributed by atoms with E-state index in [1.54, 1.807) is 18.2 Å². The van der Waals surface area contributed by atoms with Crippen LogP contribution in [0.2, 0.25) is 0 Å². The third kappa shape index (κ3) is 2.59. The molecule has 0 aromatic heterocycles. The summed E-state index contributed by atoms with van der Waals surface area (Å²) < 4.78 is 0. The molecule has 0 aliphatic rings. The van der Waals surface area contributed by atoms with Crippen molar-refractivity contribution in [1.29, 1.82) is 0 Å². The normalized spacial score (nSPS) is 12.1. The monoisotopic (exact) mass is 240 g/mol. The minimum atomic E-state index is -0.195. The average molecular weight is 240 g/mol. The zero-order valence-electron chi connectivity index (χ0n) is 10.3. The van der Waals surface area contributed by atoms with E-state index >= 15 is 0 Å². The average Bonchev–Trinajstić information content (AvgIpc) is 2.40. The van der Waals surface area contributed by atoms with Gasteiger partial charge in [0.2, 0.25) is 0 Å². The molecule has 18 heavy (non-hydrogen) atoms. The van der Waals surface area contributed by atoms with Gasteiger partial charge in [0, 0.05) is 11.5 Å². The van der Waals surface area contributed by atoms with E-state index in [-0.39, 0.29) is 17.5 Å². The van der Waals surface area contributed by atoms with Gasteiger partial charge in [-0.15, -0.1) is 0 Å². The topological polar surface area (TPSA) is 37.3 Å². The predicted octanol–water partition coefficient (Wildman–Crippen LogP) is 3.77. The van der Waals surface area contributed by atoms with Gasteiger partial charge in [0.05, 0.1) is 0 Å². The molecule has 1 atom stereocenters. The maximum atomic E-state index is 12.4. The third-order valence-corrected chi connectivity index (χ3v) is 3.06. The first kappa shape index (κ1) is 12.4. The molecule has 92 valence electrons. The van der Waals surface area contributed by atoms with E-state index in [1.807, 2.05) is 43.3 Å². The first-order valence-electron chi connectivity index (χ1n) is 6.10. The number of Topliss-reactive ketones (excluding diaryl/α,β-unsaturated/α-hetero) is 1. The van der Waals surface area contributed by atoms with Crippen molar-refractivity contribution in [3.05, 3.63) is 65.7 Å². The molecule has 0 saturated heterocycles. The summed E-state index contributed by atoms with van der Waals surface area (Å²) in [5.74, 6) is 0.106. The van der Waals surface area contributed by atoms with Crippen LogP contribution in [0.15, 0.2) is 54.6 Å². The Morgan fingerprint density at radius 1 is 1.11 bits per heavy atom. The van der Waals surface area contributed by atoms with Crippen LogP contribution < -0.4 is 0 Å². The van der Waals surface area contributed by atoms with Crippen molar-refractivity contribution in [2.24, 2.45) is 0 Å². The number of carbonyl (C=O) groups is 1. The van der Waals surface area contributed by atoms with E-state index in [1.165, 1.54) is 0 Å². The van der Waals surface area contributed by atoms with Crippen molar-refractivity contribution in [2.45, 2.75) is 19.3 Å². The number of ketones is 1. The van der Waals surface area contributed by atoms with Gasteiger partial charge in [0.15, 0.2) is 5.78 Å². The van der Waals surface area contributed by atoms with Gasteiger partial charge < -0.3 is 5.11 Å². The Morgan fingerprint density at radius 3 is 2.44 bits per heavy atom. The fraction of sp³-hybridized carbons (Fsp3) is 0.188. The molecule has 2 aromatic rings. The second-order valence-electron chi connectivity index (χ2n) is 4.29. The van der Waals surface area contributed by atoms with Crippen molar-refractivity contribution >= 4 is 5.78 Å². The lowest BCUT2D eigenvalue weighted by molar-refractivity contribution is 0.0957. The number of benzene rings is 2. The molecule has 2 aromatic carbocycles. The molecule has 0 amide bonds. The standard InChI is InChI=1S/C16H16O2/c1-2-15(13-9-6-10-14(17)11-13)16(18)12-7-4-3-5-8-12/h3-11,15,17H,2H2,1H3/t15-/m1/s1. The molecule has 2 heteroatoms. The van der Waals surface area contributed by atoms with E-state index in [9.17, 15) is 9.90 Å². The van der Waals surface area contributed by atoms with Gasteiger partial charge in [-0.05, 0) is 24.1 Å². The highest BCUT2D eigenvalue weighted by atomic mass is 16.3. The first-order valence-corrected chi connectivity index (χ1v) is 6.10. The van der Waals surface area contributed by atoms with Crippen LogP contribution in [0, 0.1) is 0 Å². The van der Waals surface area contributed by atoms with Crippen molar-refractivity contribution in [3.63, 3.8) is 0 Å². The van der Waals surface area contributed by atoms with Gasteiger partial charge in [0.25, 0.3) is 0 Å². The van der Waals surface area contributed by atoms with Crippen LogP contribution in [0.1, 0.15) is 35.2 Å². The van der Waals surface area contributed by atoms with E-state index < -0.39 is 0 Å². The molecular weight excluding hydrogens is 224 g/mol. The van der Waals surface area contributed by atoms with Gasteiger partial charge in [-0.2, -0.15) is 0 Å². The number of hydrogen-bond acceptors (Lipinski definition) is 2. The Kier molecular flexibility index (Phi) is 3.78. The largest absolute Gasteiger partial charge is 0.508 e. The molecule has 0 saturated carbocycles. The van der Waals surface area contributed by atoms with Crippen molar-refractivity contribution in [3.8, 4) is 5.75 Å². The minimum absolute atomic E-state index is 0.101. The van der Waals surface area contributed by atoms with Gasteiger partial charge >= 0.3 is 0 Å². The zero-order chi connectivity index (χ0) is 13.0. The highest BCUT2D eigenvalue weighted by Crippen LogP contribution is 2.26. The second-order valence-corrected chi connectivity index (χ2v) is 4.29. The lowest BCUT2D eigenvalue weighted by atomic mass is 9.88. The molecule has 0 aliphatic carbocycles. The van der Waals surface area contributed by atoms with Crippen LogP contribution in [0.4, 0.5) is 0 Å². The number of hydrogen-bond donors (Lipinski definition) is 1. The summed E-state index contributed by atoms with van der Waals surface area (Å²) in [6.07, 6.45) is 0.719. The summed E-state index contributed by atoms with van der Waals surface area (Å²) in [5.41, 5.74) is 1.58. The molecule has 2 nitrogen and oxygen atoms in total. The molecule has 2 rings (SSSR count). The van der Waals surface area contributed by atoms with Crippen LogP contribution in [-0.2, 0) is 0 Å². The van der Waals surface area contributed by atoms with E-state index in [0.717, 1.165) is 12.0 Å². The van der Waals surface area contributed by atoms with E-state index in [0.29, 0.717) is 5.56 Å². The van der Waals surface area contributed by atoms with Crippen LogP contribution in [0.3, 0.4) is 0 Å². The maximum Gasteiger partial charge on any atom is 0.170 e. The number of aromatic hydroxyl groups is 1. The zero-order valence-corrected chi connectivity index (χ0v) is 10.3. The fourth-order valence-corrected chi connectivity index (χ4v) is 2.12. The Bertz CT molecular complexity index is 532. The van der Waals surface area contributed by atoms with Gasteiger partial charge in [0.1, 0.15) is 5.75 Å². The van der Waals surface area contributed by atoms with Crippen molar-refractivity contribution < 1.29 is 9.90 Å². The number of phenols is 1. The SMILES string of the molecule is CC[C@@H](C(=O)c1ccccc1)c1cccc(O)c1. The highest BCUT2D eigenvalue weighted by molar-refractivity contribution is 6.00. The molecule has 0 aliphatic heterocycles. The molecule has 1 N–H and O–H groups in total. The Hall–Kier alpha value is -2.09. The van der Waals surface area contributed by atoms with Crippen molar-refractivity contribution in [2.75, 3.05) is 0 Å². The van der Waals surface area contributed by atoms with Crippen LogP contribution >= 0.6 is 0 Å². The third-order valence-electron chi connectivity index (χ3n) is 3.06. The summed E-state index contributed by atoms with van der Waals surface area (Å²) in [6, 6.07) is 16.2. The quantitative estimate of drug-likeness (QED) is 0.826. The number of carbonyl (C=O) groups excluding carboxylic acids is 1. The van der Waals surface area contributed by atoms with E-state index in [2.05, 4.69) is 0 Å². The van der Waals surface area contributed by atoms with E-state index in [4.69, 9.17) is 0 Å². The second kappa shape index (κ2) is 5.50. The Labute approximate surface area is 107 Å². The molecule has 0 unspecified atom stereocenters. The number of phenolic OH excluding ortho intramolecular Hbond substituents is 1. The first-order chi connectivity index (χ1) is 8.72. The minimum Gasteiger partial charge on any atom is -0.508 e. The fourth-order valence-electron chi connectivity index (χ4n) is 2.12. The summed E-state index contributed by atoms with van der Waals surface area (Å²) >= 11 is 0. The lowest BCUT2D eigenvalue weighted by Gasteiger charge is -2.14. The maximum absolute atomic E-state index is 12.4. The summed E-state index contributed by atoms with van der Waals surface area (Å²) in [4.78, 5) is 12.4. The Morgan fingerprint density at radius 2 is 1.83 bits per heavy atom. The van der Waals surface area contributed by atoms with Gasteiger partial charge in [-0.3, -0.25) is 4.79 Å². The molecule has 0 heterocycles. The predicted molar refractivity (Wildman–Crippen MR) is 71.9 cm³/mol. The summed E-state index contributed by atoms with van der Waals surface area (Å²) in [5, 5.41) is 9.50. The van der Waals surface area contributed by atoms with Crippen LogP contribution in [-0.4, -0.2) is 10.9 Å². The molecule has 0 spiro atoms. The molecular formula is C16H16O2. The van der Waals surface area contributed by atoms with Gasteiger partial charge in [-0.1, -0.05) is 49.4 Å². The van der Waals surface area contributed by atoms with Crippen LogP contribution in [0.25, 0.3) is 0 Å². The number of rotatable bonds is 4. The van der Waals surface area contributed by atoms with Gasteiger partial charge in [-0.25, -0.2) is 0 Å². The molecule has 0 fully saturated rings. The highest BCUT2D eigenvalue weighted by Gasteiger charge is 2.20. The molecule has 0 radical (unpaired) electrons.